The number of fused-ring (bicyclic) bond motifs is 1. The maximum atomic E-state index is 11.1. The maximum Gasteiger partial charge on any atom is 0.345 e. The van der Waals surface area contributed by atoms with Gasteiger partial charge < -0.3 is 5.11 Å². The van der Waals surface area contributed by atoms with Crippen LogP contribution in [0.2, 0.25) is 0 Å². The van der Waals surface area contributed by atoms with Gasteiger partial charge in [0.1, 0.15) is 4.88 Å². The highest BCUT2D eigenvalue weighted by atomic mass is 32.1. The summed E-state index contributed by atoms with van der Waals surface area (Å²) in [6.45, 7) is 4.86. The van der Waals surface area contributed by atoms with E-state index >= 15 is 0 Å². The number of carbonyl (C=O) groups is 1. The summed E-state index contributed by atoms with van der Waals surface area (Å²) in [5.74, 6) is -0.824. The van der Waals surface area contributed by atoms with E-state index in [0.29, 0.717) is 4.88 Å². The summed E-state index contributed by atoms with van der Waals surface area (Å²) in [6, 6.07) is 10.5. The second-order valence-corrected chi connectivity index (χ2v) is 6.84. The summed E-state index contributed by atoms with van der Waals surface area (Å²) >= 11 is 1.38. The Balaban J connectivity index is 1.78. The van der Waals surface area contributed by atoms with E-state index in [1.807, 2.05) is 13.0 Å². The molecule has 2 heterocycles. The van der Waals surface area contributed by atoms with Crippen LogP contribution in [0.25, 0.3) is 0 Å². The van der Waals surface area contributed by atoms with E-state index in [4.69, 9.17) is 5.11 Å². The Morgan fingerprint density at radius 2 is 2.10 bits per heavy atom. The number of hydrogen-bond acceptors (Lipinski definition) is 3. The van der Waals surface area contributed by atoms with Crippen LogP contribution in [0.1, 0.15) is 37.7 Å². The molecule has 1 aromatic carbocycles. The molecule has 0 saturated heterocycles. The highest BCUT2D eigenvalue weighted by molar-refractivity contribution is 7.14. The van der Waals surface area contributed by atoms with Gasteiger partial charge in [-0.2, -0.15) is 0 Å². The fraction of sp³-hybridized carbons (Fsp3) is 0.353. The molecule has 0 saturated carbocycles. The molecule has 1 N–H and O–H groups in total. The van der Waals surface area contributed by atoms with E-state index in [1.165, 1.54) is 22.5 Å². The van der Waals surface area contributed by atoms with Crippen molar-refractivity contribution in [1.82, 2.24) is 4.90 Å². The average molecular weight is 301 g/mol. The van der Waals surface area contributed by atoms with Crippen LogP contribution in [0.5, 0.6) is 0 Å². The Bertz CT molecular complexity index is 663. The van der Waals surface area contributed by atoms with Crippen molar-refractivity contribution in [2.24, 2.45) is 0 Å². The van der Waals surface area contributed by atoms with Gasteiger partial charge in [0.25, 0.3) is 0 Å². The molecule has 2 aromatic rings. The van der Waals surface area contributed by atoms with Gasteiger partial charge in [0.2, 0.25) is 0 Å². The third-order valence-electron chi connectivity index (χ3n) is 4.06. The van der Waals surface area contributed by atoms with Gasteiger partial charge in [0.15, 0.2) is 0 Å². The van der Waals surface area contributed by atoms with Crippen LogP contribution in [0.3, 0.4) is 0 Å². The first-order chi connectivity index (χ1) is 10.1. The quantitative estimate of drug-likeness (QED) is 0.939. The van der Waals surface area contributed by atoms with Crippen LogP contribution in [-0.2, 0) is 19.5 Å². The molecule has 4 heteroatoms. The molecule has 0 amide bonds. The Kier molecular flexibility index (Phi) is 4.08. The number of hydrogen-bond donors (Lipinski definition) is 1. The van der Waals surface area contributed by atoms with E-state index < -0.39 is 5.97 Å². The molecule has 0 spiro atoms. The summed E-state index contributed by atoms with van der Waals surface area (Å²) in [4.78, 5) is 15.1. The zero-order valence-corrected chi connectivity index (χ0v) is 12.9. The lowest BCUT2D eigenvalue weighted by Gasteiger charge is -2.20. The van der Waals surface area contributed by atoms with E-state index in [1.54, 1.807) is 0 Å². The van der Waals surface area contributed by atoms with Crippen LogP contribution in [0, 0.1) is 6.92 Å². The van der Waals surface area contributed by atoms with Gasteiger partial charge in [-0.25, -0.2) is 4.79 Å². The van der Waals surface area contributed by atoms with Crippen molar-refractivity contribution >= 4 is 17.3 Å². The van der Waals surface area contributed by atoms with Gasteiger partial charge in [-0.3, -0.25) is 4.90 Å². The first kappa shape index (κ1) is 14.3. The summed E-state index contributed by atoms with van der Waals surface area (Å²) in [5.41, 5.74) is 4.01. The lowest BCUT2D eigenvalue weighted by atomic mass is 10.0. The van der Waals surface area contributed by atoms with E-state index in [0.717, 1.165) is 42.9 Å². The number of aromatic carboxylic acids is 1. The molecule has 0 unspecified atom stereocenters. The van der Waals surface area contributed by atoms with Gasteiger partial charge in [-0.15, -0.1) is 11.3 Å². The van der Waals surface area contributed by atoms with Crippen LogP contribution in [0.15, 0.2) is 30.3 Å². The van der Waals surface area contributed by atoms with E-state index in [2.05, 4.69) is 29.2 Å². The molecule has 3 nitrogen and oxygen atoms in total. The van der Waals surface area contributed by atoms with Gasteiger partial charge in [0, 0.05) is 18.0 Å². The Hall–Kier alpha value is -1.65. The van der Waals surface area contributed by atoms with Crippen LogP contribution in [-0.4, -0.2) is 22.5 Å². The van der Waals surface area contributed by atoms with Crippen LogP contribution in [0.4, 0.5) is 0 Å². The summed E-state index contributed by atoms with van der Waals surface area (Å²) in [5, 5.41) is 9.10. The molecule has 0 aliphatic carbocycles. The number of carboxylic acid groups (broad SMARTS) is 1. The molecule has 3 rings (SSSR count). The summed E-state index contributed by atoms with van der Waals surface area (Å²) in [6.07, 6.45) is 2.29. The van der Waals surface area contributed by atoms with Crippen molar-refractivity contribution in [3.63, 3.8) is 0 Å². The van der Waals surface area contributed by atoms with Crippen molar-refractivity contribution in [2.45, 2.75) is 32.9 Å². The van der Waals surface area contributed by atoms with E-state index in [9.17, 15) is 4.79 Å². The maximum absolute atomic E-state index is 11.1. The standard InChI is InChI=1S/C17H19NO2S/c1-12-15(9-16(21-12)17(19)20)11-18-8-4-7-13-5-2-3-6-14(13)10-18/h2-3,5-6,9H,4,7-8,10-11H2,1H3,(H,19,20). The normalized spacial score (nSPS) is 15.5. The zero-order valence-electron chi connectivity index (χ0n) is 12.1. The molecule has 110 valence electrons. The molecule has 1 aliphatic rings. The molecule has 1 aromatic heterocycles. The van der Waals surface area contributed by atoms with Crippen molar-refractivity contribution in [2.75, 3.05) is 6.54 Å². The molecule has 0 bridgehead atoms. The Morgan fingerprint density at radius 3 is 2.81 bits per heavy atom. The third-order valence-corrected chi connectivity index (χ3v) is 5.14. The lowest BCUT2D eigenvalue weighted by Crippen LogP contribution is -2.22. The Morgan fingerprint density at radius 1 is 1.33 bits per heavy atom. The van der Waals surface area contributed by atoms with Crippen LogP contribution >= 0.6 is 11.3 Å². The number of nitrogens with zero attached hydrogens (tertiary/aromatic N) is 1. The second-order valence-electron chi connectivity index (χ2n) is 5.58. The van der Waals surface area contributed by atoms with Crippen LogP contribution < -0.4 is 0 Å². The van der Waals surface area contributed by atoms with E-state index in [-0.39, 0.29) is 0 Å². The first-order valence-electron chi connectivity index (χ1n) is 7.25. The molecule has 1 aliphatic heterocycles. The average Bonchev–Trinajstić information content (AvgIpc) is 2.70. The predicted octanol–water partition coefficient (Wildman–Crippen LogP) is 3.70. The van der Waals surface area contributed by atoms with Crippen molar-refractivity contribution in [3.8, 4) is 0 Å². The molecule has 21 heavy (non-hydrogen) atoms. The fourth-order valence-electron chi connectivity index (χ4n) is 2.93. The monoisotopic (exact) mass is 301 g/mol. The largest absolute Gasteiger partial charge is 0.477 e. The number of aryl methyl sites for hydroxylation is 2. The summed E-state index contributed by atoms with van der Waals surface area (Å²) < 4.78 is 0. The number of carboxylic acids is 1. The zero-order chi connectivity index (χ0) is 14.8. The topological polar surface area (TPSA) is 40.5 Å². The number of thiophene rings is 1. The SMILES string of the molecule is Cc1sc(C(=O)O)cc1CN1CCCc2ccccc2C1. The molecule has 0 atom stereocenters. The highest BCUT2D eigenvalue weighted by Crippen LogP contribution is 2.25. The Labute approximate surface area is 128 Å². The second kappa shape index (κ2) is 6.00. The highest BCUT2D eigenvalue weighted by Gasteiger charge is 2.17. The van der Waals surface area contributed by atoms with Crippen molar-refractivity contribution in [1.29, 1.82) is 0 Å². The predicted molar refractivity (Wildman–Crippen MR) is 84.9 cm³/mol. The molecular formula is C17H19NO2S. The lowest BCUT2D eigenvalue weighted by molar-refractivity contribution is 0.0702. The fourth-order valence-corrected chi connectivity index (χ4v) is 3.80. The smallest absolute Gasteiger partial charge is 0.345 e. The van der Waals surface area contributed by atoms with Crippen molar-refractivity contribution < 1.29 is 9.90 Å². The number of benzene rings is 1. The third kappa shape index (κ3) is 3.17. The minimum atomic E-state index is -0.824. The molecule has 0 radical (unpaired) electrons. The van der Waals surface area contributed by atoms with Gasteiger partial charge in [-0.1, -0.05) is 24.3 Å². The first-order valence-corrected chi connectivity index (χ1v) is 8.07. The minimum absolute atomic E-state index is 0.442. The van der Waals surface area contributed by atoms with Gasteiger partial charge in [-0.05, 0) is 49.1 Å². The number of rotatable bonds is 3. The van der Waals surface area contributed by atoms with Gasteiger partial charge >= 0.3 is 5.97 Å². The van der Waals surface area contributed by atoms with Gasteiger partial charge in [0.05, 0.1) is 0 Å². The molecular weight excluding hydrogens is 282 g/mol. The van der Waals surface area contributed by atoms with Crippen molar-refractivity contribution in [3.05, 3.63) is 56.8 Å². The molecule has 0 fully saturated rings. The summed E-state index contributed by atoms with van der Waals surface area (Å²) in [7, 11) is 0. The minimum Gasteiger partial charge on any atom is -0.477 e.